The van der Waals surface area contributed by atoms with Crippen molar-refractivity contribution in [2.75, 3.05) is 6.54 Å². The van der Waals surface area contributed by atoms with Gasteiger partial charge in [0, 0.05) is 22.5 Å². The Labute approximate surface area is 123 Å². The fourth-order valence-corrected chi connectivity index (χ4v) is 2.62. The minimum absolute atomic E-state index is 0.301. The molecule has 0 bridgehead atoms. The average Bonchev–Trinajstić information content (AvgIpc) is 2.86. The van der Waals surface area contributed by atoms with E-state index in [4.69, 9.17) is 27.6 Å². The van der Waals surface area contributed by atoms with Crippen molar-refractivity contribution in [3.05, 3.63) is 58.0 Å². The third-order valence-corrected chi connectivity index (χ3v) is 3.59. The quantitative estimate of drug-likeness (QED) is 0.857. The molecule has 1 aromatic carbocycles. The highest BCUT2D eigenvalue weighted by molar-refractivity contribution is 6.35. The highest BCUT2D eigenvalue weighted by atomic mass is 35.5. The van der Waals surface area contributed by atoms with Gasteiger partial charge in [-0.3, -0.25) is 0 Å². The third kappa shape index (κ3) is 4.27. The summed E-state index contributed by atoms with van der Waals surface area (Å²) in [6.45, 7) is 3.01. The van der Waals surface area contributed by atoms with Gasteiger partial charge in [0.2, 0.25) is 0 Å². The molecule has 0 radical (unpaired) electrons. The predicted molar refractivity (Wildman–Crippen MR) is 80.0 cm³/mol. The minimum atomic E-state index is 0.301. The summed E-state index contributed by atoms with van der Waals surface area (Å²) in [5, 5.41) is 4.84. The van der Waals surface area contributed by atoms with Gasteiger partial charge in [0.15, 0.2) is 0 Å². The molecule has 0 amide bonds. The topological polar surface area (TPSA) is 25.2 Å². The summed E-state index contributed by atoms with van der Waals surface area (Å²) < 4.78 is 5.40. The van der Waals surface area contributed by atoms with Crippen LogP contribution in [-0.4, -0.2) is 12.6 Å². The summed E-state index contributed by atoms with van der Waals surface area (Å²) in [6, 6.07) is 9.85. The molecule has 0 aliphatic rings. The van der Waals surface area contributed by atoms with Crippen molar-refractivity contribution in [3.8, 4) is 0 Å². The van der Waals surface area contributed by atoms with Crippen LogP contribution in [0.25, 0.3) is 0 Å². The van der Waals surface area contributed by atoms with E-state index < -0.39 is 0 Å². The van der Waals surface area contributed by atoms with Crippen molar-refractivity contribution in [1.82, 2.24) is 5.32 Å². The maximum absolute atomic E-state index is 6.22. The van der Waals surface area contributed by atoms with Gasteiger partial charge in [0.25, 0.3) is 0 Å². The molecule has 1 heterocycles. The van der Waals surface area contributed by atoms with Crippen molar-refractivity contribution < 1.29 is 4.42 Å². The first-order chi connectivity index (χ1) is 9.19. The zero-order valence-electron chi connectivity index (χ0n) is 10.8. The summed E-state index contributed by atoms with van der Waals surface area (Å²) in [6.07, 6.45) is 3.40. The van der Waals surface area contributed by atoms with Crippen molar-refractivity contribution >= 4 is 23.2 Å². The standard InChI is InChI=1S/C15H17Cl2NO/c1-2-18-13(10-14-4-3-7-19-14)8-11-5-6-12(16)9-15(11)17/h3-7,9,13,18H,2,8,10H2,1H3. The van der Waals surface area contributed by atoms with Crippen LogP contribution < -0.4 is 5.32 Å². The lowest BCUT2D eigenvalue weighted by atomic mass is 10.0. The molecule has 0 saturated carbocycles. The molecule has 0 fully saturated rings. The molecule has 1 N–H and O–H groups in total. The molecular weight excluding hydrogens is 281 g/mol. The largest absolute Gasteiger partial charge is 0.469 e. The Morgan fingerprint density at radius 2 is 2.05 bits per heavy atom. The zero-order chi connectivity index (χ0) is 13.7. The third-order valence-electron chi connectivity index (χ3n) is 3.00. The number of nitrogens with one attached hydrogen (secondary N) is 1. The molecule has 1 atom stereocenters. The molecule has 2 rings (SSSR count). The van der Waals surface area contributed by atoms with E-state index in [1.165, 1.54) is 0 Å². The first-order valence-corrected chi connectivity index (χ1v) is 7.14. The van der Waals surface area contributed by atoms with Gasteiger partial charge in [-0.05, 0) is 42.8 Å². The van der Waals surface area contributed by atoms with Crippen LogP contribution in [0.2, 0.25) is 10.0 Å². The number of benzene rings is 1. The fourth-order valence-electron chi connectivity index (χ4n) is 2.13. The van der Waals surface area contributed by atoms with E-state index in [0.717, 1.165) is 35.7 Å². The van der Waals surface area contributed by atoms with Crippen LogP contribution >= 0.6 is 23.2 Å². The molecule has 19 heavy (non-hydrogen) atoms. The summed E-state index contributed by atoms with van der Waals surface area (Å²) in [5.74, 6) is 0.982. The van der Waals surface area contributed by atoms with Gasteiger partial charge in [-0.1, -0.05) is 36.2 Å². The second kappa shape index (κ2) is 6.99. The number of rotatable bonds is 6. The van der Waals surface area contributed by atoms with Crippen LogP contribution in [0.1, 0.15) is 18.2 Å². The maximum Gasteiger partial charge on any atom is 0.105 e. The summed E-state index contributed by atoms with van der Waals surface area (Å²) in [5.41, 5.74) is 1.10. The zero-order valence-corrected chi connectivity index (χ0v) is 12.3. The Morgan fingerprint density at radius 3 is 2.68 bits per heavy atom. The van der Waals surface area contributed by atoms with Crippen molar-refractivity contribution in [2.24, 2.45) is 0 Å². The number of furan rings is 1. The molecule has 1 unspecified atom stereocenters. The minimum Gasteiger partial charge on any atom is -0.469 e. The lowest BCUT2D eigenvalue weighted by Crippen LogP contribution is -2.33. The Bertz CT molecular complexity index is 511. The molecule has 0 aliphatic carbocycles. The lowest BCUT2D eigenvalue weighted by Gasteiger charge is -2.17. The molecule has 1 aromatic heterocycles. The molecule has 0 saturated heterocycles. The lowest BCUT2D eigenvalue weighted by molar-refractivity contribution is 0.444. The highest BCUT2D eigenvalue weighted by Gasteiger charge is 2.13. The van der Waals surface area contributed by atoms with E-state index in [2.05, 4.69) is 12.2 Å². The Balaban J connectivity index is 2.07. The van der Waals surface area contributed by atoms with Crippen LogP contribution in [0.3, 0.4) is 0 Å². The van der Waals surface area contributed by atoms with Gasteiger partial charge in [-0.15, -0.1) is 0 Å². The Kier molecular flexibility index (Phi) is 5.32. The molecule has 2 aromatic rings. The average molecular weight is 298 g/mol. The fraction of sp³-hybridized carbons (Fsp3) is 0.333. The van der Waals surface area contributed by atoms with Gasteiger partial charge in [-0.25, -0.2) is 0 Å². The van der Waals surface area contributed by atoms with Crippen LogP contribution in [-0.2, 0) is 12.8 Å². The van der Waals surface area contributed by atoms with Crippen molar-refractivity contribution in [3.63, 3.8) is 0 Å². The predicted octanol–water partition coefficient (Wildman–Crippen LogP) is 4.35. The van der Waals surface area contributed by atoms with Crippen LogP contribution in [0.15, 0.2) is 41.0 Å². The number of likely N-dealkylation sites (N-methyl/N-ethyl adjacent to an activating group) is 1. The van der Waals surface area contributed by atoms with E-state index in [-0.39, 0.29) is 0 Å². The molecular formula is C15H17Cl2NO. The molecule has 102 valence electrons. The normalized spacial score (nSPS) is 12.6. The second-order valence-electron chi connectivity index (χ2n) is 4.48. The Morgan fingerprint density at radius 1 is 1.21 bits per heavy atom. The first-order valence-electron chi connectivity index (χ1n) is 6.38. The smallest absolute Gasteiger partial charge is 0.105 e. The SMILES string of the molecule is CCNC(Cc1ccco1)Cc1ccc(Cl)cc1Cl. The number of halogens is 2. The van der Waals surface area contributed by atoms with Crippen molar-refractivity contribution in [2.45, 2.75) is 25.8 Å². The van der Waals surface area contributed by atoms with E-state index in [1.807, 2.05) is 24.3 Å². The van der Waals surface area contributed by atoms with E-state index in [9.17, 15) is 0 Å². The monoisotopic (exact) mass is 297 g/mol. The summed E-state index contributed by atoms with van der Waals surface area (Å²) in [4.78, 5) is 0. The van der Waals surface area contributed by atoms with Gasteiger partial charge >= 0.3 is 0 Å². The van der Waals surface area contributed by atoms with E-state index in [0.29, 0.717) is 11.1 Å². The number of hydrogen-bond donors (Lipinski definition) is 1. The van der Waals surface area contributed by atoms with Gasteiger partial charge in [0.05, 0.1) is 6.26 Å². The first kappa shape index (κ1) is 14.4. The van der Waals surface area contributed by atoms with E-state index in [1.54, 1.807) is 12.3 Å². The van der Waals surface area contributed by atoms with Crippen LogP contribution in [0.4, 0.5) is 0 Å². The molecule has 4 heteroatoms. The van der Waals surface area contributed by atoms with Gasteiger partial charge in [0.1, 0.15) is 5.76 Å². The maximum atomic E-state index is 6.22. The van der Waals surface area contributed by atoms with Crippen LogP contribution in [0, 0.1) is 0 Å². The van der Waals surface area contributed by atoms with Gasteiger partial charge in [-0.2, -0.15) is 0 Å². The van der Waals surface area contributed by atoms with Crippen molar-refractivity contribution in [1.29, 1.82) is 0 Å². The molecule has 0 spiro atoms. The second-order valence-corrected chi connectivity index (χ2v) is 5.32. The molecule has 0 aliphatic heterocycles. The summed E-state index contributed by atoms with van der Waals surface area (Å²) in [7, 11) is 0. The molecule has 2 nitrogen and oxygen atoms in total. The van der Waals surface area contributed by atoms with Gasteiger partial charge < -0.3 is 9.73 Å². The van der Waals surface area contributed by atoms with Crippen LogP contribution in [0.5, 0.6) is 0 Å². The summed E-state index contributed by atoms with van der Waals surface area (Å²) >= 11 is 12.1. The van der Waals surface area contributed by atoms with E-state index >= 15 is 0 Å². The Hall–Kier alpha value is -0.960. The number of hydrogen-bond acceptors (Lipinski definition) is 2. The highest BCUT2D eigenvalue weighted by Crippen LogP contribution is 2.22.